The average Bonchev–Trinajstić information content (AvgIpc) is 3.07. The van der Waals surface area contributed by atoms with E-state index >= 15 is 0 Å². The Balaban J connectivity index is 1.32. The molecule has 24 heavy (non-hydrogen) atoms. The highest BCUT2D eigenvalue weighted by Crippen LogP contribution is 2.37. The van der Waals surface area contributed by atoms with Crippen molar-refractivity contribution >= 4 is 11.8 Å². The molecule has 2 amide bonds. The summed E-state index contributed by atoms with van der Waals surface area (Å²) in [5.74, 6) is 2.20. The third kappa shape index (κ3) is 3.20. The molecule has 1 N–H and O–H groups in total. The van der Waals surface area contributed by atoms with Crippen molar-refractivity contribution in [1.82, 2.24) is 15.1 Å². The molecule has 0 aliphatic carbocycles. The van der Waals surface area contributed by atoms with Gasteiger partial charge in [0.05, 0.1) is 19.4 Å². The Morgan fingerprint density at radius 1 is 1.33 bits per heavy atom. The van der Waals surface area contributed by atoms with Gasteiger partial charge in [-0.2, -0.15) is 0 Å². The zero-order chi connectivity index (χ0) is 16.5. The van der Waals surface area contributed by atoms with Gasteiger partial charge < -0.3 is 14.6 Å². The van der Waals surface area contributed by atoms with E-state index in [0.717, 1.165) is 44.7 Å². The number of likely N-dealkylation sites (tertiary alicyclic amines) is 1. The summed E-state index contributed by atoms with van der Waals surface area (Å²) in [6.45, 7) is 3.61. The van der Waals surface area contributed by atoms with Crippen LogP contribution in [0.4, 0.5) is 0 Å². The van der Waals surface area contributed by atoms with E-state index in [-0.39, 0.29) is 5.91 Å². The summed E-state index contributed by atoms with van der Waals surface area (Å²) in [6, 6.07) is 4.08. The first kappa shape index (κ1) is 15.7. The predicted octanol–water partition coefficient (Wildman–Crippen LogP) is 1.23. The van der Waals surface area contributed by atoms with Crippen molar-refractivity contribution in [2.24, 2.45) is 11.8 Å². The van der Waals surface area contributed by atoms with Crippen LogP contribution in [0.3, 0.4) is 0 Å². The molecule has 2 bridgehead atoms. The number of amides is 2. The lowest BCUT2D eigenvalue weighted by Gasteiger charge is -2.52. The highest BCUT2D eigenvalue weighted by Gasteiger charge is 2.43. The molecule has 3 fully saturated rings. The highest BCUT2D eigenvalue weighted by molar-refractivity contribution is 5.78. The SMILES string of the molecule is O=C(CN1C[C@H]2C[C@H](C1)[C@H]1CCCC(=O)N1C2)NCc1ccco1. The van der Waals surface area contributed by atoms with Gasteiger partial charge in [0.1, 0.15) is 5.76 Å². The number of rotatable bonds is 4. The van der Waals surface area contributed by atoms with Crippen molar-refractivity contribution < 1.29 is 14.0 Å². The number of piperidine rings is 3. The van der Waals surface area contributed by atoms with Crippen LogP contribution in [0.5, 0.6) is 0 Å². The third-order valence-corrected chi connectivity index (χ3v) is 5.66. The fourth-order valence-corrected chi connectivity index (χ4v) is 4.70. The quantitative estimate of drug-likeness (QED) is 0.901. The molecule has 1 aromatic heterocycles. The maximum atomic E-state index is 12.2. The lowest BCUT2D eigenvalue weighted by atomic mass is 9.76. The number of carbonyl (C=O) groups excluding carboxylic acids is 2. The summed E-state index contributed by atoms with van der Waals surface area (Å²) < 4.78 is 5.24. The summed E-state index contributed by atoms with van der Waals surface area (Å²) in [7, 11) is 0. The molecule has 3 atom stereocenters. The fraction of sp³-hybridized carbons (Fsp3) is 0.667. The maximum absolute atomic E-state index is 12.2. The molecule has 0 aromatic carbocycles. The van der Waals surface area contributed by atoms with Crippen molar-refractivity contribution in [3.8, 4) is 0 Å². The Morgan fingerprint density at radius 2 is 2.25 bits per heavy atom. The lowest BCUT2D eigenvalue weighted by Crippen LogP contribution is -2.61. The van der Waals surface area contributed by atoms with Crippen LogP contribution >= 0.6 is 0 Å². The molecule has 0 spiro atoms. The van der Waals surface area contributed by atoms with E-state index in [1.54, 1.807) is 6.26 Å². The van der Waals surface area contributed by atoms with Gasteiger partial charge in [0.25, 0.3) is 0 Å². The van der Waals surface area contributed by atoms with E-state index in [9.17, 15) is 9.59 Å². The van der Waals surface area contributed by atoms with Crippen LogP contribution in [-0.4, -0.2) is 53.8 Å². The van der Waals surface area contributed by atoms with E-state index in [2.05, 4.69) is 15.1 Å². The minimum Gasteiger partial charge on any atom is -0.467 e. The van der Waals surface area contributed by atoms with Crippen molar-refractivity contribution in [1.29, 1.82) is 0 Å². The number of hydrogen-bond acceptors (Lipinski definition) is 4. The van der Waals surface area contributed by atoms with Crippen molar-refractivity contribution in [3.05, 3.63) is 24.2 Å². The second-order valence-electron chi connectivity index (χ2n) is 7.42. The molecule has 3 aliphatic rings. The molecule has 0 unspecified atom stereocenters. The lowest BCUT2D eigenvalue weighted by molar-refractivity contribution is -0.145. The monoisotopic (exact) mass is 331 g/mol. The maximum Gasteiger partial charge on any atom is 0.234 e. The van der Waals surface area contributed by atoms with E-state index in [1.165, 1.54) is 6.42 Å². The van der Waals surface area contributed by atoms with Crippen LogP contribution < -0.4 is 5.32 Å². The molecule has 3 aliphatic heterocycles. The summed E-state index contributed by atoms with van der Waals surface area (Å²) in [6.07, 6.45) is 5.69. The van der Waals surface area contributed by atoms with Gasteiger partial charge in [-0.3, -0.25) is 14.5 Å². The van der Waals surface area contributed by atoms with Crippen LogP contribution in [0.2, 0.25) is 0 Å². The van der Waals surface area contributed by atoms with Gasteiger partial charge in [-0.15, -0.1) is 0 Å². The Morgan fingerprint density at radius 3 is 3.08 bits per heavy atom. The minimum absolute atomic E-state index is 0.0444. The Hall–Kier alpha value is -1.82. The van der Waals surface area contributed by atoms with E-state index in [0.29, 0.717) is 36.9 Å². The molecule has 1 aromatic rings. The van der Waals surface area contributed by atoms with Gasteiger partial charge in [0.2, 0.25) is 11.8 Å². The number of furan rings is 1. The summed E-state index contributed by atoms with van der Waals surface area (Å²) in [5.41, 5.74) is 0. The van der Waals surface area contributed by atoms with Crippen LogP contribution in [0, 0.1) is 11.8 Å². The summed E-state index contributed by atoms with van der Waals surface area (Å²) in [4.78, 5) is 28.8. The molecular weight excluding hydrogens is 306 g/mol. The molecular formula is C18H25N3O3. The Bertz CT molecular complexity index is 601. The summed E-state index contributed by atoms with van der Waals surface area (Å²) >= 11 is 0. The van der Waals surface area contributed by atoms with Gasteiger partial charge in [-0.1, -0.05) is 0 Å². The second kappa shape index (κ2) is 6.59. The number of hydrogen-bond donors (Lipinski definition) is 1. The smallest absolute Gasteiger partial charge is 0.234 e. The predicted molar refractivity (Wildman–Crippen MR) is 87.9 cm³/mol. The first-order valence-corrected chi connectivity index (χ1v) is 9.00. The van der Waals surface area contributed by atoms with E-state index < -0.39 is 0 Å². The molecule has 6 heteroatoms. The summed E-state index contributed by atoms with van der Waals surface area (Å²) in [5, 5.41) is 2.92. The fourth-order valence-electron chi connectivity index (χ4n) is 4.70. The molecule has 0 radical (unpaired) electrons. The first-order valence-electron chi connectivity index (χ1n) is 9.00. The van der Waals surface area contributed by atoms with Gasteiger partial charge >= 0.3 is 0 Å². The second-order valence-corrected chi connectivity index (χ2v) is 7.42. The molecule has 3 saturated heterocycles. The normalized spacial score (nSPS) is 30.1. The molecule has 4 heterocycles. The van der Waals surface area contributed by atoms with E-state index in [4.69, 9.17) is 4.42 Å². The van der Waals surface area contributed by atoms with Crippen LogP contribution in [0.1, 0.15) is 31.4 Å². The third-order valence-electron chi connectivity index (χ3n) is 5.66. The first-order chi connectivity index (χ1) is 11.7. The van der Waals surface area contributed by atoms with Crippen LogP contribution in [0.25, 0.3) is 0 Å². The Labute approximate surface area is 142 Å². The highest BCUT2D eigenvalue weighted by atomic mass is 16.3. The Kier molecular flexibility index (Phi) is 4.31. The van der Waals surface area contributed by atoms with Crippen LogP contribution in [-0.2, 0) is 16.1 Å². The number of carbonyl (C=O) groups is 2. The molecule has 0 saturated carbocycles. The van der Waals surface area contributed by atoms with Crippen molar-refractivity contribution in [2.75, 3.05) is 26.2 Å². The zero-order valence-electron chi connectivity index (χ0n) is 13.9. The van der Waals surface area contributed by atoms with Gasteiger partial charge in [0.15, 0.2) is 0 Å². The number of nitrogens with one attached hydrogen (secondary N) is 1. The van der Waals surface area contributed by atoms with Crippen molar-refractivity contribution in [2.45, 2.75) is 38.3 Å². The minimum atomic E-state index is 0.0444. The van der Waals surface area contributed by atoms with Gasteiger partial charge in [-0.05, 0) is 43.2 Å². The topological polar surface area (TPSA) is 65.8 Å². The zero-order valence-corrected chi connectivity index (χ0v) is 13.9. The van der Waals surface area contributed by atoms with Crippen LogP contribution in [0.15, 0.2) is 22.8 Å². The molecule has 4 rings (SSSR count). The standard InChI is InChI=1S/C18H25N3O3/c22-17(19-8-15-3-2-6-24-15)12-20-9-13-7-14(11-20)16-4-1-5-18(23)21(16)10-13/h2-3,6,13-14,16H,1,4-5,7-12H2,(H,19,22)/t13-,14-,16-/m1/s1. The largest absolute Gasteiger partial charge is 0.467 e. The van der Waals surface area contributed by atoms with Gasteiger partial charge in [-0.25, -0.2) is 0 Å². The molecule has 6 nitrogen and oxygen atoms in total. The van der Waals surface area contributed by atoms with Crippen molar-refractivity contribution in [3.63, 3.8) is 0 Å². The van der Waals surface area contributed by atoms with Gasteiger partial charge in [0, 0.05) is 32.1 Å². The number of nitrogens with zero attached hydrogens (tertiary/aromatic N) is 2. The number of fused-ring (bicyclic) bond motifs is 4. The average molecular weight is 331 g/mol. The molecule has 130 valence electrons. The van der Waals surface area contributed by atoms with E-state index in [1.807, 2.05) is 12.1 Å².